The number of esters is 1. The number of aliphatic carboxylic acids is 1. The van der Waals surface area contributed by atoms with E-state index < -0.39 is 35.2 Å². The van der Waals surface area contributed by atoms with Gasteiger partial charge in [0, 0.05) is 23.1 Å². The highest BCUT2D eigenvalue weighted by molar-refractivity contribution is 5.93. The molecule has 47 heavy (non-hydrogen) atoms. The molecule has 0 spiro atoms. The molecule has 2 atom stereocenters. The van der Waals surface area contributed by atoms with Gasteiger partial charge >= 0.3 is 18.0 Å². The first-order chi connectivity index (χ1) is 22.4. The van der Waals surface area contributed by atoms with Gasteiger partial charge in [-0.25, -0.2) is 9.59 Å². The number of fused-ring (bicyclic) bond motifs is 4. The second kappa shape index (κ2) is 13.6. The Bertz CT molecular complexity index is 1730. The third-order valence-electron chi connectivity index (χ3n) is 8.05. The van der Waals surface area contributed by atoms with Crippen LogP contribution in [0.25, 0.3) is 22.3 Å². The van der Waals surface area contributed by atoms with E-state index >= 15 is 0 Å². The molecule has 0 aliphatic carbocycles. The maximum Gasteiger partial charge on any atom is 0.413 e. The molecule has 9 heteroatoms. The molecule has 1 amide bonds. The average molecular weight is 638 g/mol. The van der Waals surface area contributed by atoms with Crippen molar-refractivity contribution in [1.29, 1.82) is 0 Å². The van der Waals surface area contributed by atoms with Crippen molar-refractivity contribution in [2.45, 2.75) is 59.4 Å². The first-order valence-electron chi connectivity index (χ1n) is 15.4. The lowest BCUT2D eigenvalue weighted by molar-refractivity contribution is -0.177. The van der Waals surface area contributed by atoms with Gasteiger partial charge in [-0.05, 0) is 57.4 Å². The van der Waals surface area contributed by atoms with Crippen molar-refractivity contribution < 1.29 is 38.4 Å². The molecule has 9 nitrogen and oxygen atoms in total. The molecule has 2 aliphatic heterocycles. The van der Waals surface area contributed by atoms with Gasteiger partial charge in [0.25, 0.3) is 0 Å². The summed E-state index contributed by atoms with van der Waals surface area (Å²) >= 11 is 0. The van der Waals surface area contributed by atoms with Gasteiger partial charge in [0.1, 0.15) is 23.6 Å². The summed E-state index contributed by atoms with van der Waals surface area (Å²) in [6.07, 6.45) is -2.47. The fourth-order valence-electron chi connectivity index (χ4n) is 5.59. The summed E-state index contributed by atoms with van der Waals surface area (Å²) in [6.45, 7) is 7.71. The lowest BCUT2D eigenvalue weighted by Gasteiger charge is -2.41. The Kier molecular flexibility index (Phi) is 9.56. The van der Waals surface area contributed by atoms with Crippen molar-refractivity contribution >= 4 is 18.0 Å². The summed E-state index contributed by atoms with van der Waals surface area (Å²) in [7, 11) is 0. The molecule has 2 bridgehead atoms. The van der Waals surface area contributed by atoms with E-state index in [-0.39, 0.29) is 19.8 Å². The molecular formula is C38H39NO8. The van der Waals surface area contributed by atoms with Crippen LogP contribution >= 0.6 is 0 Å². The smallest absolute Gasteiger partial charge is 0.413 e. The molecule has 0 saturated carbocycles. The number of ether oxygens (including phenoxy) is 4. The van der Waals surface area contributed by atoms with Gasteiger partial charge in [-0.1, -0.05) is 91.0 Å². The molecular weight excluding hydrogens is 598 g/mol. The van der Waals surface area contributed by atoms with Crippen molar-refractivity contribution in [3.63, 3.8) is 0 Å². The normalized spacial score (nSPS) is 14.1. The van der Waals surface area contributed by atoms with E-state index in [2.05, 4.69) is 0 Å². The zero-order chi connectivity index (χ0) is 33.8. The summed E-state index contributed by atoms with van der Waals surface area (Å²) in [4.78, 5) is 41.2. The number of nitrogens with zero attached hydrogens (tertiary/aromatic N) is 1. The van der Waals surface area contributed by atoms with Gasteiger partial charge in [-0.3, -0.25) is 9.69 Å². The number of carbonyl (C=O) groups excluding carboxylic acids is 2. The van der Waals surface area contributed by atoms with E-state index in [0.717, 1.165) is 27.2 Å². The fraction of sp³-hybridized carbons (Fsp3) is 0.289. The van der Waals surface area contributed by atoms with Gasteiger partial charge in [-0.15, -0.1) is 0 Å². The third-order valence-corrected chi connectivity index (χ3v) is 8.05. The largest absolute Gasteiger partial charge is 0.479 e. The molecule has 6 rings (SSSR count). The number of carbonyl (C=O) groups is 3. The summed E-state index contributed by atoms with van der Waals surface area (Å²) in [5.41, 5.74) is 1.62. The Morgan fingerprint density at radius 3 is 1.94 bits per heavy atom. The van der Waals surface area contributed by atoms with Gasteiger partial charge < -0.3 is 24.1 Å². The molecule has 0 fully saturated rings. The predicted molar refractivity (Wildman–Crippen MR) is 177 cm³/mol. The van der Waals surface area contributed by atoms with Crippen molar-refractivity contribution in [2.75, 3.05) is 6.79 Å². The van der Waals surface area contributed by atoms with Crippen molar-refractivity contribution in [1.82, 2.24) is 4.90 Å². The molecule has 0 saturated heterocycles. The number of hydrogen-bond donors (Lipinski definition) is 1. The summed E-state index contributed by atoms with van der Waals surface area (Å²) in [6, 6.07) is 30.2. The molecule has 1 unspecified atom stereocenters. The van der Waals surface area contributed by atoms with Gasteiger partial charge in [-0.2, -0.15) is 0 Å². The molecule has 0 radical (unpaired) electrons. The number of carboxylic acids is 1. The van der Waals surface area contributed by atoms with Gasteiger partial charge in [0.15, 0.2) is 6.23 Å². The van der Waals surface area contributed by atoms with Crippen LogP contribution in [0.5, 0.6) is 11.5 Å². The van der Waals surface area contributed by atoms with Gasteiger partial charge in [0.05, 0.1) is 5.41 Å². The molecule has 2 aliphatic rings. The van der Waals surface area contributed by atoms with Crippen LogP contribution in [0.4, 0.5) is 4.79 Å². The highest BCUT2D eigenvalue weighted by Gasteiger charge is 2.49. The van der Waals surface area contributed by atoms with E-state index in [9.17, 15) is 19.5 Å². The van der Waals surface area contributed by atoms with Crippen molar-refractivity contribution in [3.8, 4) is 33.8 Å². The Labute approximate surface area is 274 Å². The zero-order valence-electron chi connectivity index (χ0n) is 27.2. The van der Waals surface area contributed by atoms with E-state index in [0.29, 0.717) is 22.6 Å². The average Bonchev–Trinajstić information content (AvgIpc) is 3.36. The van der Waals surface area contributed by atoms with Crippen LogP contribution in [-0.2, 0) is 32.1 Å². The second-order valence-corrected chi connectivity index (χ2v) is 12.7. The van der Waals surface area contributed by atoms with Crippen molar-refractivity contribution in [3.05, 3.63) is 108 Å². The monoisotopic (exact) mass is 637 g/mol. The van der Waals surface area contributed by atoms with E-state index in [1.165, 1.54) is 13.8 Å². The number of hydrogen-bond acceptors (Lipinski definition) is 7. The molecule has 1 N–H and O–H groups in total. The van der Waals surface area contributed by atoms with Crippen LogP contribution in [-0.4, -0.2) is 46.6 Å². The van der Waals surface area contributed by atoms with Crippen molar-refractivity contribution in [2.24, 2.45) is 5.41 Å². The van der Waals surface area contributed by atoms with Gasteiger partial charge in [0.2, 0.25) is 6.79 Å². The Balaban J connectivity index is 1.62. The maximum absolute atomic E-state index is 13.9. The van der Waals surface area contributed by atoms with Crippen LogP contribution in [0, 0.1) is 5.41 Å². The molecule has 4 aromatic carbocycles. The molecule has 4 aromatic rings. The third kappa shape index (κ3) is 7.09. The maximum atomic E-state index is 13.9. The summed E-state index contributed by atoms with van der Waals surface area (Å²) < 4.78 is 23.6. The minimum absolute atomic E-state index is 0.0937. The van der Waals surface area contributed by atoms with Crippen LogP contribution < -0.4 is 9.47 Å². The SMILES string of the molecule is CC(OC(=O)C(C)(C)C)N(C(=O)OCc1ccccc1)[C@@](C)(Cc1cc2c(-c3ccccc3)c(-c3ccccc3)c1OCO2)C(=O)O. The first-order valence-corrected chi connectivity index (χ1v) is 15.4. The highest BCUT2D eigenvalue weighted by atomic mass is 16.7. The van der Waals surface area contributed by atoms with Crippen LogP contribution in [0.2, 0.25) is 0 Å². The van der Waals surface area contributed by atoms with Crippen LogP contribution in [0.3, 0.4) is 0 Å². The minimum atomic E-state index is -1.96. The fourth-order valence-corrected chi connectivity index (χ4v) is 5.59. The summed E-state index contributed by atoms with van der Waals surface area (Å²) in [5, 5.41) is 10.8. The standard InChI is InChI=1S/C38H39NO8/c1-25(47-35(42)37(2,3)4)39(36(43)44-23-26-15-9-6-10-16-26)38(5,34(40)41)22-29-21-30-31(27-17-11-7-12-18-27)32(33(29)46-24-45-30)28-19-13-8-14-20-28/h6-21,25H,22-24H2,1-5H3,(H,40,41)/t25?,38-/m0/s1. The number of rotatable bonds is 10. The van der Waals surface area contributed by atoms with E-state index in [4.69, 9.17) is 18.9 Å². The quantitative estimate of drug-likeness (QED) is 0.139. The highest BCUT2D eigenvalue weighted by Crippen LogP contribution is 2.50. The van der Waals surface area contributed by atoms with E-state index in [1.54, 1.807) is 39.0 Å². The molecule has 2 heterocycles. The molecule has 244 valence electrons. The van der Waals surface area contributed by atoms with Crippen LogP contribution in [0.15, 0.2) is 97.1 Å². The zero-order valence-corrected chi connectivity index (χ0v) is 27.2. The van der Waals surface area contributed by atoms with Crippen LogP contribution in [0.1, 0.15) is 45.7 Å². The number of benzene rings is 4. The number of amides is 1. The predicted octanol–water partition coefficient (Wildman–Crippen LogP) is 7.71. The second-order valence-electron chi connectivity index (χ2n) is 12.7. The first kappa shape index (κ1) is 33.1. The van der Waals surface area contributed by atoms with E-state index in [1.807, 2.05) is 78.9 Å². The lowest BCUT2D eigenvalue weighted by Crippen LogP contribution is -2.61. The number of carboxylic acid groups (broad SMARTS) is 1. The Morgan fingerprint density at radius 1 is 0.830 bits per heavy atom. The Hall–Kier alpha value is -5.31. The molecule has 0 aromatic heterocycles. The topological polar surface area (TPSA) is 112 Å². The lowest BCUT2D eigenvalue weighted by atomic mass is 9.85. The minimum Gasteiger partial charge on any atom is -0.479 e. The summed E-state index contributed by atoms with van der Waals surface area (Å²) in [5.74, 6) is -0.992. The Morgan fingerprint density at radius 2 is 1.38 bits per heavy atom.